The number of carboxylic acids is 2. The van der Waals surface area contributed by atoms with E-state index < -0.39 is 11.9 Å². The van der Waals surface area contributed by atoms with Crippen molar-refractivity contribution in [3.8, 4) is 11.5 Å². The first-order valence-electron chi connectivity index (χ1n) is 7.45. The molecular weight excluding hydrogens is 316 g/mol. The van der Waals surface area contributed by atoms with Crippen molar-refractivity contribution in [1.29, 1.82) is 0 Å². The molecule has 0 aromatic heterocycles. The van der Waals surface area contributed by atoms with Crippen molar-refractivity contribution >= 4 is 11.9 Å². The van der Waals surface area contributed by atoms with Crippen molar-refractivity contribution < 1.29 is 29.3 Å². The lowest BCUT2D eigenvalue weighted by atomic mass is 10.1. The molecule has 24 heavy (non-hydrogen) atoms. The number of carbonyl (C=O) groups is 2. The molecule has 0 saturated carbocycles. The second-order valence-electron chi connectivity index (χ2n) is 5.37. The predicted octanol–water partition coefficient (Wildman–Crippen LogP) is 0.607. The Bertz CT molecular complexity index is 543. The van der Waals surface area contributed by atoms with Crippen molar-refractivity contribution in [2.75, 3.05) is 47.4 Å². The van der Waals surface area contributed by atoms with E-state index in [0.29, 0.717) is 0 Å². The van der Waals surface area contributed by atoms with E-state index in [2.05, 4.69) is 22.9 Å². The Morgan fingerprint density at radius 1 is 1.04 bits per heavy atom. The number of piperazine rings is 1. The summed E-state index contributed by atoms with van der Waals surface area (Å²) in [5, 5.41) is 14.8. The first kappa shape index (κ1) is 19.7. The van der Waals surface area contributed by atoms with Crippen LogP contribution in [-0.4, -0.2) is 79.4 Å². The summed E-state index contributed by atoms with van der Waals surface area (Å²) in [4.78, 5) is 23.0. The first-order chi connectivity index (χ1) is 11.4. The first-order valence-corrected chi connectivity index (χ1v) is 7.45. The number of hydrogen-bond acceptors (Lipinski definition) is 6. The molecule has 134 valence electrons. The molecule has 1 aromatic carbocycles. The highest BCUT2D eigenvalue weighted by atomic mass is 16.5. The van der Waals surface area contributed by atoms with Gasteiger partial charge in [0.2, 0.25) is 0 Å². The van der Waals surface area contributed by atoms with E-state index >= 15 is 0 Å². The lowest BCUT2D eigenvalue weighted by Gasteiger charge is -2.32. The third-order valence-corrected chi connectivity index (χ3v) is 3.67. The van der Waals surface area contributed by atoms with E-state index in [4.69, 9.17) is 29.3 Å². The minimum Gasteiger partial charge on any atom is -0.497 e. The van der Waals surface area contributed by atoms with Gasteiger partial charge in [-0.15, -0.1) is 0 Å². The SMILES string of the molecule is COc1ccc(CN2CCN(C)CC2)c(OC)c1.O=C(O)C(=O)O. The molecule has 0 bridgehead atoms. The molecule has 0 atom stereocenters. The van der Waals surface area contributed by atoms with Gasteiger partial charge in [-0.2, -0.15) is 0 Å². The summed E-state index contributed by atoms with van der Waals surface area (Å²) in [7, 11) is 5.56. The highest BCUT2D eigenvalue weighted by molar-refractivity contribution is 6.27. The smallest absolute Gasteiger partial charge is 0.414 e. The number of likely N-dealkylation sites (N-methyl/N-ethyl adjacent to an activating group) is 1. The largest absolute Gasteiger partial charge is 0.497 e. The van der Waals surface area contributed by atoms with E-state index in [1.807, 2.05) is 12.1 Å². The van der Waals surface area contributed by atoms with Crippen molar-refractivity contribution in [2.24, 2.45) is 0 Å². The molecule has 1 fully saturated rings. The van der Waals surface area contributed by atoms with Crippen molar-refractivity contribution in [2.45, 2.75) is 6.54 Å². The Hall–Kier alpha value is -2.32. The number of benzene rings is 1. The minimum absolute atomic E-state index is 0.842. The van der Waals surface area contributed by atoms with E-state index in [9.17, 15) is 0 Å². The molecule has 0 radical (unpaired) electrons. The molecule has 1 saturated heterocycles. The number of methoxy groups -OCH3 is 2. The maximum absolute atomic E-state index is 9.10. The van der Waals surface area contributed by atoms with Crippen LogP contribution in [0, 0.1) is 0 Å². The van der Waals surface area contributed by atoms with Crippen molar-refractivity contribution in [1.82, 2.24) is 9.80 Å². The van der Waals surface area contributed by atoms with Crippen LogP contribution in [0.4, 0.5) is 0 Å². The molecule has 1 aliphatic rings. The Morgan fingerprint density at radius 3 is 2.08 bits per heavy atom. The zero-order chi connectivity index (χ0) is 18.1. The summed E-state index contributed by atoms with van der Waals surface area (Å²) in [6.07, 6.45) is 0. The molecule has 2 N–H and O–H groups in total. The summed E-state index contributed by atoms with van der Waals surface area (Å²) in [6.45, 7) is 5.45. The van der Waals surface area contributed by atoms with Gasteiger partial charge in [0.15, 0.2) is 0 Å². The van der Waals surface area contributed by atoms with E-state index in [-0.39, 0.29) is 0 Å². The summed E-state index contributed by atoms with van der Waals surface area (Å²) >= 11 is 0. The van der Waals surface area contributed by atoms with Crippen LogP contribution in [0.1, 0.15) is 5.56 Å². The number of hydrogen-bond donors (Lipinski definition) is 2. The quantitative estimate of drug-likeness (QED) is 0.769. The fourth-order valence-electron chi connectivity index (χ4n) is 2.23. The second kappa shape index (κ2) is 9.74. The normalized spacial score (nSPS) is 15.1. The monoisotopic (exact) mass is 340 g/mol. The Balaban J connectivity index is 0.000000413. The Labute approximate surface area is 141 Å². The fourth-order valence-corrected chi connectivity index (χ4v) is 2.23. The van der Waals surface area contributed by atoms with Gasteiger partial charge >= 0.3 is 11.9 Å². The summed E-state index contributed by atoms with van der Waals surface area (Å²) in [6, 6.07) is 6.04. The maximum Gasteiger partial charge on any atom is 0.414 e. The van der Waals surface area contributed by atoms with Gasteiger partial charge in [-0.25, -0.2) is 9.59 Å². The van der Waals surface area contributed by atoms with E-state index in [0.717, 1.165) is 44.2 Å². The number of rotatable bonds is 4. The van der Waals surface area contributed by atoms with Crippen LogP contribution in [0.25, 0.3) is 0 Å². The lowest BCUT2D eigenvalue weighted by molar-refractivity contribution is -0.159. The Kier molecular flexibility index (Phi) is 8.00. The van der Waals surface area contributed by atoms with Crippen LogP contribution in [0.2, 0.25) is 0 Å². The average Bonchev–Trinajstić information content (AvgIpc) is 2.57. The third kappa shape index (κ3) is 6.43. The molecule has 2 rings (SSSR count). The number of carboxylic acid groups (broad SMARTS) is 2. The molecule has 8 nitrogen and oxygen atoms in total. The third-order valence-electron chi connectivity index (χ3n) is 3.67. The molecule has 0 unspecified atom stereocenters. The van der Waals surface area contributed by atoms with E-state index in [1.165, 1.54) is 5.56 Å². The lowest BCUT2D eigenvalue weighted by Crippen LogP contribution is -2.43. The van der Waals surface area contributed by atoms with E-state index in [1.54, 1.807) is 14.2 Å². The van der Waals surface area contributed by atoms with Crippen LogP contribution in [0.5, 0.6) is 11.5 Å². The van der Waals surface area contributed by atoms with Gasteiger partial charge in [0.25, 0.3) is 0 Å². The molecule has 0 aliphatic carbocycles. The van der Waals surface area contributed by atoms with Gasteiger partial charge in [-0.1, -0.05) is 6.07 Å². The molecule has 1 heterocycles. The number of nitrogens with zero attached hydrogens (tertiary/aromatic N) is 2. The van der Waals surface area contributed by atoms with Gasteiger partial charge in [0.05, 0.1) is 14.2 Å². The highest BCUT2D eigenvalue weighted by Gasteiger charge is 2.15. The topological polar surface area (TPSA) is 99.5 Å². The average molecular weight is 340 g/mol. The highest BCUT2D eigenvalue weighted by Crippen LogP contribution is 2.25. The second-order valence-corrected chi connectivity index (χ2v) is 5.37. The zero-order valence-electron chi connectivity index (χ0n) is 14.2. The summed E-state index contributed by atoms with van der Waals surface area (Å²) in [5.41, 5.74) is 1.22. The van der Waals surface area contributed by atoms with Gasteiger partial charge in [-0.3, -0.25) is 4.90 Å². The number of ether oxygens (including phenoxy) is 2. The molecular formula is C16H24N2O6. The molecule has 1 aromatic rings. The van der Waals surface area contributed by atoms with Crippen LogP contribution < -0.4 is 9.47 Å². The van der Waals surface area contributed by atoms with Gasteiger partial charge < -0.3 is 24.6 Å². The fraction of sp³-hybridized carbons (Fsp3) is 0.500. The summed E-state index contributed by atoms with van der Waals surface area (Å²) < 4.78 is 10.6. The molecule has 8 heteroatoms. The van der Waals surface area contributed by atoms with Crippen molar-refractivity contribution in [3.63, 3.8) is 0 Å². The van der Waals surface area contributed by atoms with Crippen LogP contribution in [-0.2, 0) is 16.1 Å². The van der Waals surface area contributed by atoms with Crippen LogP contribution >= 0.6 is 0 Å². The molecule has 1 aliphatic heterocycles. The molecule has 0 amide bonds. The standard InChI is InChI=1S/C14H22N2O2.C2H2O4/c1-15-6-8-16(9-7-15)11-12-4-5-13(17-2)10-14(12)18-3;3-1(4)2(5)6/h4-5,10H,6-9,11H2,1-3H3;(H,3,4)(H,5,6). The zero-order valence-corrected chi connectivity index (χ0v) is 14.2. The van der Waals surface area contributed by atoms with Gasteiger partial charge in [0, 0.05) is 44.4 Å². The summed E-state index contributed by atoms with van der Waals surface area (Å²) in [5.74, 6) is -1.90. The predicted molar refractivity (Wildman–Crippen MR) is 87.6 cm³/mol. The van der Waals surface area contributed by atoms with Crippen molar-refractivity contribution in [3.05, 3.63) is 23.8 Å². The minimum atomic E-state index is -1.82. The maximum atomic E-state index is 9.10. The number of aliphatic carboxylic acids is 2. The van der Waals surface area contributed by atoms with Crippen LogP contribution in [0.3, 0.4) is 0 Å². The van der Waals surface area contributed by atoms with Gasteiger partial charge in [0.1, 0.15) is 11.5 Å². The van der Waals surface area contributed by atoms with Crippen LogP contribution in [0.15, 0.2) is 18.2 Å². The van der Waals surface area contributed by atoms with Gasteiger partial charge in [-0.05, 0) is 13.1 Å². The molecule has 0 spiro atoms. The Morgan fingerprint density at radius 2 is 1.62 bits per heavy atom.